The van der Waals surface area contributed by atoms with Gasteiger partial charge >= 0.3 is 0 Å². The van der Waals surface area contributed by atoms with Crippen LogP contribution >= 0.6 is 0 Å². The second-order valence-electron chi connectivity index (χ2n) is 5.10. The standard InChI is InChI=1S/C14H20FNO2/c1-10-2-3-13(15)6-12(10)7-16-5-4-11(9-17)14(18)8-16/h2-3,6,11,14,17-18H,4-5,7-9H2,1H3/t11-,14+/m1/s1. The van der Waals surface area contributed by atoms with Crippen molar-refractivity contribution in [1.82, 2.24) is 4.90 Å². The third-order valence-electron chi connectivity index (χ3n) is 3.75. The number of likely N-dealkylation sites (tertiary alicyclic amines) is 1. The molecule has 1 aliphatic heterocycles. The van der Waals surface area contributed by atoms with Crippen molar-refractivity contribution in [3.05, 3.63) is 35.1 Å². The van der Waals surface area contributed by atoms with Gasteiger partial charge in [-0.05, 0) is 43.1 Å². The number of hydrogen-bond donors (Lipinski definition) is 2. The van der Waals surface area contributed by atoms with Crippen molar-refractivity contribution in [3.8, 4) is 0 Å². The molecule has 0 aliphatic carbocycles. The quantitative estimate of drug-likeness (QED) is 0.853. The fourth-order valence-electron chi connectivity index (χ4n) is 2.45. The molecule has 100 valence electrons. The normalized spacial score (nSPS) is 25.3. The monoisotopic (exact) mass is 253 g/mol. The smallest absolute Gasteiger partial charge is 0.123 e. The molecule has 0 amide bonds. The summed E-state index contributed by atoms with van der Waals surface area (Å²) in [7, 11) is 0. The number of rotatable bonds is 3. The predicted molar refractivity (Wildman–Crippen MR) is 67.6 cm³/mol. The van der Waals surface area contributed by atoms with Gasteiger partial charge in [0, 0.05) is 25.6 Å². The zero-order chi connectivity index (χ0) is 13.1. The molecule has 2 atom stereocenters. The second kappa shape index (κ2) is 5.78. The first kappa shape index (κ1) is 13.5. The van der Waals surface area contributed by atoms with Crippen molar-refractivity contribution in [2.24, 2.45) is 5.92 Å². The Morgan fingerprint density at radius 2 is 2.22 bits per heavy atom. The van der Waals surface area contributed by atoms with Gasteiger partial charge in [0.15, 0.2) is 0 Å². The van der Waals surface area contributed by atoms with Crippen LogP contribution < -0.4 is 0 Å². The topological polar surface area (TPSA) is 43.7 Å². The fraction of sp³-hybridized carbons (Fsp3) is 0.571. The maximum Gasteiger partial charge on any atom is 0.123 e. The van der Waals surface area contributed by atoms with Crippen LogP contribution in [0.5, 0.6) is 0 Å². The van der Waals surface area contributed by atoms with Gasteiger partial charge in [0.25, 0.3) is 0 Å². The van der Waals surface area contributed by atoms with Gasteiger partial charge in [-0.15, -0.1) is 0 Å². The lowest BCUT2D eigenvalue weighted by atomic mass is 9.94. The van der Waals surface area contributed by atoms with Crippen molar-refractivity contribution in [2.45, 2.75) is 26.0 Å². The maximum absolute atomic E-state index is 13.2. The number of aliphatic hydroxyl groups excluding tert-OH is 2. The van der Waals surface area contributed by atoms with Crippen LogP contribution in [0.1, 0.15) is 17.5 Å². The van der Waals surface area contributed by atoms with Crippen LogP contribution in [-0.4, -0.2) is 40.9 Å². The van der Waals surface area contributed by atoms with Crippen molar-refractivity contribution >= 4 is 0 Å². The average molecular weight is 253 g/mol. The highest BCUT2D eigenvalue weighted by Gasteiger charge is 2.27. The Labute approximate surface area is 107 Å². The van der Waals surface area contributed by atoms with Gasteiger partial charge < -0.3 is 10.2 Å². The highest BCUT2D eigenvalue weighted by atomic mass is 19.1. The van der Waals surface area contributed by atoms with E-state index in [1.165, 1.54) is 6.07 Å². The Hall–Kier alpha value is -0.970. The van der Waals surface area contributed by atoms with Gasteiger partial charge in [-0.25, -0.2) is 4.39 Å². The molecule has 1 aliphatic rings. The number of aliphatic hydroxyl groups is 2. The number of β-amino-alcohol motifs (C(OH)–C–C–N with tert-alkyl or cyclic N) is 1. The summed E-state index contributed by atoms with van der Waals surface area (Å²) >= 11 is 0. The lowest BCUT2D eigenvalue weighted by molar-refractivity contribution is -0.00451. The summed E-state index contributed by atoms with van der Waals surface area (Å²) in [6, 6.07) is 4.80. The molecule has 4 heteroatoms. The van der Waals surface area contributed by atoms with E-state index >= 15 is 0 Å². The minimum absolute atomic E-state index is 0.0187. The van der Waals surface area contributed by atoms with E-state index in [1.54, 1.807) is 12.1 Å². The largest absolute Gasteiger partial charge is 0.396 e. The summed E-state index contributed by atoms with van der Waals surface area (Å²) in [4.78, 5) is 2.11. The first-order valence-corrected chi connectivity index (χ1v) is 6.36. The molecule has 1 fully saturated rings. The highest BCUT2D eigenvalue weighted by Crippen LogP contribution is 2.20. The van der Waals surface area contributed by atoms with Crippen LogP contribution in [0.25, 0.3) is 0 Å². The zero-order valence-corrected chi connectivity index (χ0v) is 10.6. The number of piperidine rings is 1. The SMILES string of the molecule is Cc1ccc(F)cc1CN1CC[C@H](CO)[C@@H](O)C1. The van der Waals surface area contributed by atoms with Crippen LogP contribution in [0.15, 0.2) is 18.2 Å². The molecule has 1 aromatic carbocycles. The van der Waals surface area contributed by atoms with Gasteiger partial charge in [0.05, 0.1) is 6.10 Å². The Morgan fingerprint density at radius 1 is 1.44 bits per heavy atom. The third-order valence-corrected chi connectivity index (χ3v) is 3.75. The minimum atomic E-state index is -0.488. The molecule has 2 rings (SSSR count). The van der Waals surface area contributed by atoms with Gasteiger partial charge in [-0.2, -0.15) is 0 Å². The van der Waals surface area contributed by atoms with Crippen molar-refractivity contribution in [2.75, 3.05) is 19.7 Å². The van der Waals surface area contributed by atoms with Crippen molar-refractivity contribution in [3.63, 3.8) is 0 Å². The van der Waals surface area contributed by atoms with Crippen molar-refractivity contribution < 1.29 is 14.6 Å². The van der Waals surface area contributed by atoms with E-state index in [2.05, 4.69) is 4.90 Å². The van der Waals surface area contributed by atoms with Gasteiger partial charge in [0.1, 0.15) is 5.82 Å². The molecule has 18 heavy (non-hydrogen) atoms. The number of nitrogens with zero attached hydrogens (tertiary/aromatic N) is 1. The molecule has 1 aromatic rings. The van der Waals surface area contributed by atoms with E-state index in [-0.39, 0.29) is 18.3 Å². The maximum atomic E-state index is 13.2. The molecule has 1 heterocycles. The molecule has 0 aromatic heterocycles. The molecule has 0 saturated carbocycles. The Bertz CT molecular complexity index is 411. The van der Waals surface area contributed by atoms with Crippen LogP contribution in [0, 0.1) is 18.7 Å². The second-order valence-corrected chi connectivity index (χ2v) is 5.10. The summed E-state index contributed by atoms with van der Waals surface area (Å²) < 4.78 is 13.2. The van der Waals surface area contributed by atoms with Gasteiger partial charge in [-0.1, -0.05) is 6.07 Å². The molecule has 3 nitrogen and oxygen atoms in total. The van der Waals surface area contributed by atoms with Crippen LogP contribution in [0.4, 0.5) is 4.39 Å². The number of benzene rings is 1. The van der Waals surface area contributed by atoms with E-state index in [0.717, 1.165) is 24.1 Å². The lowest BCUT2D eigenvalue weighted by Gasteiger charge is -2.35. The Balaban J connectivity index is 2.00. The third kappa shape index (κ3) is 3.07. The number of halogens is 1. The molecule has 0 bridgehead atoms. The molecule has 1 saturated heterocycles. The summed E-state index contributed by atoms with van der Waals surface area (Å²) in [5, 5.41) is 19.0. The fourth-order valence-corrected chi connectivity index (χ4v) is 2.45. The van der Waals surface area contributed by atoms with E-state index in [9.17, 15) is 9.50 Å². The first-order chi connectivity index (χ1) is 8.60. The molecule has 2 N–H and O–H groups in total. The first-order valence-electron chi connectivity index (χ1n) is 6.36. The molecular weight excluding hydrogens is 233 g/mol. The summed E-state index contributed by atoms with van der Waals surface area (Å²) in [6.07, 6.45) is 0.295. The summed E-state index contributed by atoms with van der Waals surface area (Å²) in [5.74, 6) is -0.240. The van der Waals surface area contributed by atoms with Crippen LogP contribution in [0.2, 0.25) is 0 Å². The molecule has 0 spiro atoms. The highest BCUT2D eigenvalue weighted by molar-refractivity contribution is 5.26. The molecule has 0 radical (unpaired) electrons. The van der Waals surface area contributed by atoms with E-state index in [0.29, 0.717) is 13.1 Å². The molecule has 0 unspecified atom stereocenters. The van der Waals surface area contributed by atoms with E-state index < -0.39 is 6.10 Å². The van der Waals surface area contributed by atoms with E-state index in [1.807, 2.05) is 6.92 Å². The number of aryl methyl sites for hydroxylation is 1. The van der Waals surface area contributed by atoms with Crippen LogP contribution in [0.3, 0.4) is 0 Å². The number of hydrogen-bond acceptors (Lipinski definition) is 3. The lowest BCUT2D eigenvalue weighted by Crippen LogP contribution is -2.44. The van der Waals surface area contributed by atoms with Gasteiger partial charge in [0.2, 0.25) is 0 Å². The van der Waals surface area contributed by atoms with Crippen molar-refractivity contribution in [1.29, 1.82) is 0 Å². The predicted octanol–water partition coefficient (Wildman–Crippen LogP) is 1.31. The Morgan fingerprint density at radius 3 is 2.89 bits per heavy atom. The average Bonchev–Trinajstić information content (AvgIpc) is 2.34. The van der Waals surface area contributed by atoms with Crippen LogP contribution in [-0.2, 0) is 6.54 Å². The zero-order valence-electron chi connectivity index (χ0n) is 10.6. The summed E-state index contributed by atoms with van der Waals surface area (Å²) in [5.41, 5.74) is 2.03. The van der Waals surface area contributed by atoms with Gasteiger partial charge in [-0.3, -0.25) is 4.90 Å². The minimum Gasteiger partial charge on any atom is -0.396 e. The Kier molecular flexibility index (Phi) is 4.32. The molecular formula is C14H20FNO2. The summed E-state index contributed by atoms with van der Waals surface area (Å²) in [6.45, 7) is 4.03. The van der Waals surface area contributed by atoms with E-state index in [4.69, 9.17) is 5.11 Å².